The summed E-state index contributed by atoms with van der Waals surface area (Å²) in [7, 11) is 3.46. The van der Waals surface area contributed by atoms with E-state index in [1.165, 1.54) is 22.3 Å². The highest BCUT2D eigenvalue weighted by atomic mass is 16.5. The number of aryl methyl sites for hydroxylation is 3. The van der Waals surface area contributed by atoms with E-state index in [0.29, 0.717) is 0 Å². The van der Waals surface area contributed by atoms with Crippen LogP contribution in [-0.2, 0) is 0 Å². The van der Waals surface area contributed by atoms with Gasteiger partial charge in [0.15, 0.2) is 0 Å². The summed E-state index contributed by atoms with van der Waals surface area (Å²) < 4.78 is 11.4. The molecule has 0 amide bonds. The van der Waals surface area contributed by atoms with Gasteiger partial charge in [-0.2, -0.15) is 0 Å². The average Bonchev–Trinajstić information content (AvgIpc) is 2.64. The summed E-state index contributed by atoms with van der Waals surface area (Å²) in [6.07, 6.45) is 0. The van der Waals surface area contributed by atoms with Crippen molar-refractivity contribution in [3.63, 3.8) is 0 Å². The molecule has 0 aliphatic carbocycles. The molecule has 3 rings (SSSR count). The van der Waals surface area contributed by atoms with Gasteiger partial charge in [-0.05, 0) is 38.5 Å². The Morgan fingerprint density at radius 2 is 1.00 bits per heavy atom. The van der Waals surface area contributed by atoms with Crippen molar-refractivity contribution < 1.29 is 9.47 Å². The topological polar surface area (TPSA) is 18.5 Å². The molecule has 3 aromatic rings. The molecular weight excluding hydrogens is 320 g/mol. The van der Waals surface area contributed by atoms with Crippen LogP contribution in [0.1, 0.15) is 39.3 Å². The summed E-state index contributed by atoms with van der Waals surface area (Å²) in [5.41, 5.74) is 7.21. The van der Waals surface area contributed by atoms with E-state index in [4.69, 9.17) is 9.47 Å². The van der Waals surface area contributed by atoms with Crippen LogP contribution < -0.4 is 9.47 Å². The fourth-order valence-electron chi connectivity index (χ4n) is 3.44. The summed E-state index contributed by atoms with van der Waals surface area (Å²) in [4.78, 5) is 0. The third-order valence-electron chi connectivity index (χ3n) is 4.80. The maximum atomic E-state index is 5.71. The predicted molar refractivity (Wildman–Crippen MR) is 108 cm³/mol. The van der Waals surface area contributed by atoms with Crippen molar-refractivity contribution in [2.75, 3.05) is 14.2 Å². The van der Waals surface area contributed by atoms with Gasteiger partial charge >= 0.3 is 0 Å². The molecular formula is C24H26O2. The van der Waals surface area contributed by atoms with Gasteiger partial charge in [-0.15, -0.1) is 0 Å². The van der Waals surface area contributed by atoms with Crippen LogP contribution in [0, 0.1) is 20.8 Å². The largest absolute Gasteiger partial charge is 0.496 e. The molecule has 0 saturated carbocycles. The minimum Gasteiger partial charge on any atom is -0.496 e. The number of rotatable bonds is 5. The lowest BCUT2D eigenvalue weighted by atomic mass is 9.82. The van der Waals surface area contributed by atoms with E-state index in [-0.39, 0.29) is 5.92 Å². The van der Waals surface area contributed by atoms with Gasteiger partial charge in [0.1, 0.15) is 11.5 Å². The molecule has 0 radical (unpaired) electrons. The van der Waals surface area contributed by atoms with Crippen molar-refractivity contribution in [1.82, 2.24) is 0 Å². The minimum atomic E-state index is 0.0419. The molecule has 2 nitrogen and oxygen atoms in total. The molecule has 26 heavy (non-hydrogen) atoms. The molecule has 0 N–H and O–H groups in total. The molecule has 0 aliphatic heterocycles. The smallest absolute Gasteiger partial charge is 0.123 e. The lowest BCUT2D eigenvalue weighted by molar-refractivity contribution is 0.402. The molecule has 0 bridgehead atoms. The van der Waals surface area contributed by atoms with Gasteiger partial charge in [0.25, 0.3) is 0 Å². The first-order chi connectivity index (χ1) is 12.5. The maximum Gasteiger partial charge on any atom is 0.123 e. The SMILES string of the molecule is COc1ccc(C)cc1C(c1ccc(C)cc1)c1cc(C)ccc1OC. The van der Waals surface area contributed by atoms with Gasteiger partial charge < -0.3 is 9.47 Å². The van der Waals surface area contributed by atoms with E-state index in [1.807, 2.05) is 12.1 Å². The first kappa shape index (κ1) is 18.1. The average molecular weight is 346 g/mol. The molecule has 2 heteroatoms. The number of benzene rings is 3. The number of hydrogen-bond donors (Lipinski definition) is 0. The summed E-state index contributed by atoms with van der Waals surface area (Å²) in [6, 6.07) is 21.4. The number of ether oxygens (including phenoxy) is 2. The third kappa shape index (κ3) is 3.60. The standard InChI is InChI=1S/C24H26O2/c1-16-6-10-19(11-7-16)24(20-14-17(2)8-12-22(20)25-4)21-15-18(3)9-13-23(21)26-5/h6-15,24H,1-5H3. The Kier molecular flexibility index (Phi) is 5.32. The molecule has 0 fully saturated rings. The number of methoxy groups -OCH3 is 2. The van der Waals surface area contributed by atoms with Gasteiger partial charge in [-0.3, -0.25) is 0 Å². The molecule has 134 valence electrons. The monoisotopic (exact) mass is 346 g/mol. The highest BCUT2D eigenvalue weighted by Crippen LogP contribution is 2.41. The van der Waals surface area contributed by atoms with E-state index in [1.54, 1.807) is 14.2 Å². The van der Waals surface area contributed by atoms with Crippen molar-refractivity contribution >= 4 is 0 Å². The van der Waals surface area contributed by atoms with Crippen LogP contribution in [0.3, 0.4) is 0 Å². The Morgan fingerprint density at radius 1 is 0.577 bits per heavy atom. The molecule has 0 heterocycles. The maximum absolute atomic E-state index is 5.71. The van der Waals surface area contributed by atoms with Crippen LogP contribution in [-0.4, -0.2) is 14.2 Å². The second-order valence-electron chi connectivity index (χ2n) is 6.83. The fourth-order valence-corrected chi connectivity index (χ4v) is 3.44. The second-order valence-corrected chi connectivity index (χ2v) is 6.83. The highest BCUT2D eigenvalue weighted by Gasteiger charge is 2.24. The van der Waals surface area contributed by atoms with E-state index in [9.17, 15) is 0 Å². The summed E-state index contributed by atoms with van der Waals surface area (Å²) in [5.74, 6) is 1.83. The highest BCUT2D eigenvalue weighted by molar-refractivity contribution is 5.55. The zero-order valence-electron chi connectivity index (χ0n) is 16.2. The lowest BCUT2D eigenvalue weighted by Crippen LogP contribution is -2.08. The summed E-state index contributed by atoms with van der Waals surface area (Å²) in [6.45, 7) is 6.34. The molecule has 0 unspecified atom stereocenters. The fraction of sp³-hybridized carbons (Fsp3) is 0.250. The van der Waals surface area contributed by atoms with Gasteiger partial charge in [0, 0.05) is 17.0 Å². The molecule has 3 aromatic carbocycles. The Bertz CT molecular complexity index is 841. The Morgan fingerprint density at radius 3 is 1.42 bits per heavy atom. The zero-order valence-corrected chi connectivity index (χ0v) is 16.2. The molecule has 0 atom stereocenters. The predicted octanol–water partition coefficient (Wildman–Crippen LogP) is 5.81. The van der Waals surface area contributed by atoms with Gasteiger partial charge in [0.2, 0.25) is 0 Å². The van der Waals surface area contributed by atoms with Crippen molar-refractivity contribution in [3.8, 4) is 11.5 Å². The van der Waals surface area contributed by atoms with E-state index >= 15 is 0 Å². The Labute approximate surface area is 156 Å². The van der Waals surface area contributed by atoms with Crippen LogP contribution in [0.25, 0.3) is 0 Å². The van der Waals surface area contributed by atoms with Crippen molar-refractivity contribution in [2.24, 2.45) is 0 Å². The first-order valence-electron chi connectivity index (χ1n) is 8.89. The van der Waals surface area contributed by atoms with Crippen molar-refractivity contribution in [3.05, 3.63) is 94.0 Å². The van der Waals surface area contributed by atoms with Crippen LogP contribution in [0.15, 0.2) is 60.7 Å². The lowest BCUT2D eigenvalue weighted by Gasteiger charge is -2.24. The van der Waals surface area contributed by atoms with Crippen LogP contribution in [0.4, 0.5) is 0 Å². The van der Waals surface area contributed by atoms with Crippen LogP contribution >= 0.6 is 0 Å². The van der Waals surface area contributed by atoms with Crippen molar-refractivity contribution in [2.45, 2.75) is 26.7 Å². The second kappa shape index (κ2) is 7.65. The van der Waals surface area contributed by atoms with Crippen LogP contribution in [0.2, 0.25) is 0 Å². The molecule has 0 aromatic heterocycles. The molecule has 0 aliphatic rings. The van der Waals surface area contributed by atoms with Crippen molar-refractivity contribution in [1.29, 1.82) is 0 Å². The number of hydrogen-bond acceptors (Lipinski definition) is 2. The Hall–Kier alpha value is -2.74. The van der Waals surface area contributed by atoms with Crippen LogP contribution in [0.5, 0.6) is 11.5 Å². The van der Waals surface area contributed by atoms with Gasteiger partial charge in [-0.25, -0.2) is 0 Å². The molecule has 0 spiro atoms. The van der Waals surface area contributed by atoms with E-state index < -0.39 is 0 Å². The normalized spacial score (nSPS) is 10.8. The summed E-state index contributed by atoms with van der Waals surface area (Å²) >= 11 is 0. The quantitative estimate of drug-likeness (QED) is 0.543. The summed E-state index contributed by atoms with van der Waals surface area (Å²) in [5, 5.41) is 0. The third-order valence-corrected chi connectivity index (χ3v) is 4.80. The Balaban J connectivity index is 2.29. The van der Waals surface area contributed by atoms with E-state index in [0.717, 1.165) is 22.6 Å². The zero-order chi connectivity index (χ0) is 18.7. The van der Waals surface area contributed by atoms with E-state index in [2.05, 4.69) is 69.3 Å². The first-order valence-corrected chi connectivity index (χ1v) is 8.89. The van der Waals surface area contributed by atoms with Gasteiger partial charge in [-0.1, -0.05) is 65.2 Å². The minimum absolute atomic E-state index is 0.0419. The molecule has 0 saturated heterocycles. The van der Waals surface area contributed by atoms with Gasteiger partial charge in [0.05, 0.1) is 14.2 Å².